The highest BCUT2D eigenvalue weighted by molar-refractivity contribution is 5.14. The van der Waals surface area contributed by atoms with Crippen molar-refractivity contribution in [3.05, 3.63) is 24.4 Å². The van der Waals surface area contributed by atoms with E-state index in [0.29, 0.717) is 0 Å². The minimum Gasteiger partial charge on any atom is -0.371 e. The number of hydrogen-bond acceptors (Lipinski definition) is 1. The fraction of sp³-hybridized carbons (Fsp3) is 0.500. The summed E-state index contributed by atoms with van der Waals surface area (Å²) in [7, 11) is 0. The average molecular weight is 121 g/mol. The van der Waals surface area contributed by atoms with Crippen LogP contribution < -0.4 is 0 Å². The molecule has 0 radical (unpaired) electrons. The topological polar surface area (TPSA) is 3.24 Å². The smallest absolute Gasteiger partial charge is 0.0471 e. The summed E-state index contributed by atoms with van der Waals surface area (Å²) < 4.78 is 0. The molecule has 0 aromatic rings. The molecule has 0 N–H and O–H groups in total. The van der Waals surface area contributed by atoms with Crippen LogP contribution in [0.15, 0.2) is 24.4 Å². The van der Waals surface area contributed by atoms with Crippen LogP contribution in [0, 0.1) is 0 Å². The van der Waals surface area contributed by atoms with Crippen LogP contribution in [0.25, 0.3) is 0 Å². The molecule has 0 aliphatic carbocycles. The first kappa shape index (κ1) is 5.10. The third-order valence-corrected chi connectivity index (χ3v) is 2.06. The van der Waals surface area contributed by atoms with Gasteiger partial charge in [-0.05, 0) is 25.1 Å². The lowest BCUT2D eigenvalue weighted by atomic mass is 10.2. The fourth-order valence-corrected chi connectivity index (χ4v) is 1.56. The molecule has 1 unspecified atom stereocenters. The van der Waals surface area contributed by atoms with E-state index in [1.165, 1.54) is 19.4 Å². The zero-order valence-electron chi connectivity index (χ0n) is 5.46. The Balaban J connectivity index is 2.18. The predicted molar refractivity (Wildman–Crippen MR) is 38.0 cm³/mol. The Morgan fingerprint density at radius 3 is 3.22 bits per heavy atom. The Kier molecular flexibility index (Phi) is 1.08. The third kappa shape index (κ3) is 0.766. The summed E-state index contributed by atoms with van der Waals surface area (Å²) in [5.74, 6) is 0. The van der Waals surface area contributed by atoms with Crippen molar-refractivity contribution in [3.8, 4) is 0 Å². The number of hydrogen-bond donors (Lipinski definition) is 0. The van der Waals surface area contributed by atoms with Crippen LogP contribution in [0.4, 0.5) is 0 Å². The van der Waals surface area contributed by atoms with Gasteiger partial charge in [0.25, 0.3) is 0 Å². The van der Waals surface area contributed by atoms with Crippen LogP contribution in [0.1, 0.15) is 12.8 Å². The van der Waals surface area contributed by atoms with Gasteiger partial charge >= 0.3 is 0 Å². The maximum absolute atomic E-state index is 2.40. The molecule has 0 bridgehead atoms. The van der Waals surface area contributed by atoms with Crippen LogP contribution in [0.2, 0.25) is 0 Å². The highest BCUT2D eigenvalue weighted by Crippen LogP contribution is 2.20. The molecule has 0 amide bonds. The molecular formula is C8H11N. The SMILES string of the molecule is C1=CC2CCCN2C=C1. The summed E-state index contributed by atoms with van der Waals surface area (Å²) in [4.78, 5) is 2.40. The molecule has 9 heavy (non-hydrogen) atoms. The van der Waals surface area contributed by atoms with Gasteiger partial charge in [0.2, 0.25) is 0 Å². The third-order valence-electron chi connectivity index (χ3n) is 2.06. The summed E-state index contributed by atoms with van der Waals surface area (Å²) in [5, 5.41) is 0. The van der Waals surface area contributed by atoms with Crippen molar-refractivity contribution in [2.24, 2.45) is 0 Å². The Morgan fingerprint density at radius 2 is 2.33 bits per heavy atom. The Labute approximate surface area is 55.7 Å². The lowest BCUT2D eigenvalue weighted by Gasteiger charge is -2.21. The Hall–Kier alpha value is -0.720. The van der Waals surface area contributed by atoms with Crippen molar-refractivity contribution in [2.45, 2.75) is 18.9 Å². The van der Waals surface area contributed by atoms with Gasteiger partial charge in [-0.15, -0.1) is 0 Å². The van der Waals surface area contributed by atoms with E-state index in [4.69, 9.17) is 0 Å². The van der Waals surface area contributed by atoms with Gasteiger partial charge in [0.1, 0.15) is 0 Å². The van der Waals surface area contributed by atoms with Crippen LogP contribution in [-0.2, 0) is 0 Å². The van der Waals surface area contributed by atoms with Crippen molar-refractivity contribution in [3.63, 3.8) is 0 Å². The molecule has 1 fully saturated rings. The predicted octanol–water partition coefficient (Wildman–Crippen LogP) is 1.53. The van der Waals surface area contributed by atoms with Gasteiger partial charge in [-0.2, -0.15) is 0 Å². The second-order valence-corrected chi connectivity index (χ2v) is 2.67. The van der Waals surface area contributed by atoms with Crippen molar-refractivity contribution in [2.75, 3.05) is 6.54 Å². The van der Waals surface area contributed by atoms with Crippen LogP contribution in [0.5, 0.6) is 0 Å². The summed E-state index contributed by atoms with van der Waals surface area (Å²) in [5.41, 5.74) is 0. The zero-order chi connectivity index (χ0) is 6.10. The van der Waals surface area contributed by atoms with Crippen molar-refractivity contribution in [1.82, 2.24) is 4.90 Å². The monoisotopic (exact) mass is 121 g/mol. The van der Waals surface area contributed by atoms with E-state index >= 15 is 0 Å². The average Bonchev–Trinajstić information content (AvgIpc) is 2.33. The van der Waals surface area contributed by atoms with E-state index in [-0.39, 0.29) is 0 Å². The molecule has 1 saturated heterocycles. The van der Waals surface area contributed by atoms with Crippen molar-refractivity contribution >= 4 is 0 Å². The molecule has 0 spiro atoms. The first-order valence-electron chi connectivity index (χ1n) is 3.57. The lowest BCUT2D eigenvalue weighted by molar-refractivity contribution is 0.397. The largest absolute Gasteiger partial charge is 0.371 e. The molecule has 1 atom stereocenters. The summed E-state index contributed by atoms with van der Waals surface area (Å²) in [6.07, 6.45) is 11.4. The maximum Gasteiger partial charge on any atom is 0.0471 e. The molecule has 1 heteroatoms. The highest BCUT2D eigenvalue weighted by Gasteiger charge is 2.19. The Bertz CT molecular complexity index is 140. The number of nitrogens with zero attached hydrogens (tertiary/aromatic N) is 1. The second kappa shape index (κ2) is 1.90. The first-order chi connectivity index (χ1) is 4.47. The van der Waals surface area contributed by atoms with Crippen LogP contribution in [0.3, 0.4) is 0 Å². The quantitative estimate of drug-likeness (QED) is 0.470. The van der Waals surface area contributed by atoms with Gasteiger partial charge in [0.05, 0.1) is 0 Å². The second-order valence-electron chi connectivity index (χ2n) is 2.67. The van der Waals surface area contributed by atoms with E-state index in [1.54, 1.807) is 0 Å². The Morgan fingerprint density at radius 1 is 1.33 bits per heavy atom. The van der Waals surface area contributed by atoms with E-state index < -0.39 is 0 Å². The van der Waals surface area contributed by atoms with Gasteiger partial charge in [0.15, 0.2) is 0 Å². The number of allylic oxidation sites excluding steroid dienone is 2. The van der Waals surface area contributed by atoms with E-state index in [0.717, 1.165) is 6.04 Å². The molecular weight excluding hydrogens is 110 g/mol. The van der Waals surface area contributed by atoms with Crippen LogP contribution in [-0.4, -0.2) is 17.5 Å². The van der Waals surface area contributed by atoms with Gasteiger partial charge in [-0.25, -0.2) is 0 Å². The standard InChI is InChI=1S/C8H11N/c1-2-6-9-7-3-5-8(9)4-1/h1-2,4,6,8H,3,5,7H2. The lowest BCUT2D eigenvalue weighted by Crippen LogP contribution is -2.22. The first-order valence-corrected chi connectivity index (χ1v) is 3.57. The molecule has 0 aromatic heterocycles. The molecule has 0 aromatic carbocycles. The molecule has 2 rings (SSSR count). The van der Waals surface area contributed by atoms with Gasteiger partial charge in [-0.1, -0.05) is 12.2 Å². The number of fused-ring (bicyclic) bond motifs is 1. The summed E-state index contributed by atoms with van der Waals surface area (Å²) >= 11 is 0. The summed E-state index contributed by atoms with van der Waals surface area (Å²) in [6, 6.07) is 0.731. The highest BCUT2D eigenvalue weighted by atomic mass is 15.2. The molecule has 48 valence electrons. The van der Waals surface area contributed by atoms with E-state index in [1.807, 2.05) is 0 Å². The minimum absolute atomic E-state index is 0.731. The van der Waals surface area contributed by atoms with Gasteiger partial charge < -0.3 is 4.90 Å². The summed E-state index contributed by atoms with van der Waals surface area (Å²) in [6.45, 7) is 1.26. The van der Waals surface area contributed by atoms with Crippen molar-refractivity contribution in [1.29, 1.82) is 0 Å². The van der Waals surface area contributed by atoms with E-state index in [2.05, 4.69) is 29.3 Å². The molecule has 2 aliphatic rings. The van der Waals surface area contributed by atoms with E-state index in [9.17, 15) is 0 Å². The zero-order valence-corrected chi connectivity index (χ0v) is 5.46. The fourth-order valence-electron chi connectivity index (χ4n) is 1.56. The maximum atomic E-state index is 2.40. The van der Waals surface area contributed by atoms with Gasteiger partial charge in [-0.3, -0.25) is 0 Å². The molecule has 2 heterocycles. The normalized spacial score (nSPS) is 31.1. The molecule has 0 saturated carbocycles. The molecule has 1 nitrogen and oxygen atoms in total. The molecule has 2 aliphatic heterocycles. The van der Waals surface area contributed by atoms with Gasteiger partial charge in [0, 0.05) is 12.6 Å². The number of rotatable bonds is 0. The van der Waals surface area contributed by atoms with Crippen molar-refractivity contribution < 1.29 is 0 Å². The van der Waals surface area contributed by atoms with Crippen LogP contribution >= 0.6 is 0 Å². The minimum atomic E-state index is 0.731.